The zero-order chi connectivity index (χ0) is 14.5. The first-order valence-electron chi connectivity index (χ1n) is 9.08. The molecule has 118 valence electrons. The zero-order valence-electron chi connectivity index (χ0n) is 14.3. The third kappa shape index (κ3) is 4.46. The lowest BCUT2D eigenvalue weighted by Gasteiger charge is -2.44. The summed E-state index contributed by atoms with van der Waals surface area (Å²) in [5.74, 6) is 1.78. The van der Waals surface area contributed by atoms with Gasteiger partial charge in [0, 0.05) is 18.6 Å². The van der Waals surface area contributed by atoms with Crippen LogP contribution in [0.1, 0.15) is 66.2 Å². The molecule has 2 fully saturated rings. The van der Waals surface area contributed by atoms with Gasteiger partial charge in [0.2, 0.25) is 0 Å². The Morgan fingerprint density at radius 3 is 2.00 bits per heavy atom. The Kier molecular flexibility index (Phi) is 6.35. The average molecular weight is 281 g/mol. The van der Waals surface area contributed by atoms with Crippen molar-refractivity contribution >= 4 is 0 Å². The maximum atomic E-state index is 2.86. The third-order valence-electron chi connectivity index (χ3n) is 5.47. The van der Waals surface area contributed by atoms with E-state index in [9.17, 15) is 0 Å². The van der Waals surface area contributed by atoms with Gasteiger partial charge < -0.3 is 4.90 Å². The van der Waals surface area contributed by atoms with Gasteiger partial charge in [0.25, 0.3) is 0 Å². The van der Waals surface area contributed by atoms with Gasteiger partial charge in [-0.05, 0) is 70.0 Å². The second-order valence-electron chi connectivity index (χ2n) is 7.67. The van der Waals surface area contributed by atoms with Crippen LogP contribution in [0.5, 0.6) is 0 Å². The van der Waals surface area contributed by atoms with Crippen LogP contribution >= 0.6 is 0 Å². The highest BCUT2D eigenvalue weighted by Gasteiger charge is 2.30. The summed E-state index contributed by atoms with van der Waals surface area (Å²) >= 11 is 0. The van der Waals surface area contributed by atoms with Gasteiger partial charge >= 0.3 is 0 Å². The summed E-state index contributed by atoms with van der Waals surface area (Å²) in [5, 5.41) is 0. The fourth-order valence-electron chi connectivity index (χ4n) is 4.34. The number of likely N-dealkylation sites (tertiary alicyclic amines) is 1. The van der Waals surface area contributed by atoms with Crippen molar-refractivity contribution in [3.05, 3.63) is 0 Å². The van der Waals surface area contributed by atoms with Crippen LogP contribution in [0.3, 0.4) is 0 Å². The molecule has 0 radical (unpaired) electrons. The van der Waals surface area contributed by atoms with Crippen LogP contribution in [0.15, 0.2) is 0 Å². The molecule has 0 spiro atoms. The Balaban J connectivity index is 1.81. The molecule has 1 saturated carbocycles. The highest BCUT2D eigenvalue weighted by atomic mass is 15.2. The standard InChI is InChI=1S/C18H36N2/c1-5-20(17-8-6-16(4)7-9-17)18-10-12-19(13-11-18)14-15(2)3/h15-18H,5-14H2,1-4H3. The number of rotatable bonds is 5. The Bertz CT molecular complexity index is 261. The van der Waals surface area contributed by atoms with Gasteiger partial charge in [-0.25, -0.2) is 0 Å². The van der Waals surface area contributed by atoms with Crippen molar-refractivity contribution in [1.82, 2.24) is 9.80 Å². The van der Waals surface area contributed by atoms with E-state index >= 15 is 0 Å². The largest absolute Gasteiger partial charge is 0.303 e. The Morgan fingerprint density at radius 1 is 0.950 bits per heavy atom. The van der Waals surface area contributed by atoms with Crippen molar-refractivity contribution in [2.24, 2.45) is 11.8 Å². The lowest BCUT2D eigenvalue weighted by Crippen LogP contribution is -2.50. The molecule has 0 aromatic carbocycles. The fourth-order valence-corrected chi connectivity index (χ4v) is 4.34. The number of piperidine rings is 1. The molecule has 20 heavy (non-hydrogen) atoms. The monoisotopic (exact) mass is 280 g/mol. The van der Waals surface area contributed by atoms with Crippen LogP contribution in [0.2, 0.25) is 0 Å². The molecule has 0 aromatic heterocycles. The first kappa shape index (κ1) is 16.3. The minimum absolute atomic E-state index is 0.814. The molecule has 0 aromatic rings. The van der Waals surface area contributed by atoms with Gasteiger partial charge in [-0.2, -0.15) is 0 Å². The zero-order valence-corrected chi connectivity index (χ0v) is 14.3. The van der Waals surface area contributed by atoms with Crippen LogP contribution < -0.4 is 0 Å². The molecule has 0 atom stereocenters. The quantitative estimate of drug-likeness (QED) is 0.751. The van der Waals surface area contributed by atoms with E-state index in [1.165, 1.54) is 64.7 Å². The maximum Gasteiger partial charge on any atom is 0.0122 e. The van der Waals surface area contributed by atoms with Crippen molar-refractivity contribution < 1.29 is 0 Å². The number of nitrogens with zero attached hydrogens (tertiary/aromatic N) is 2. The second kappa shape index (κ2) is 7.79. The molecular weight excluding hydrogens is 244 g/mol. The lowest BCUT2D eigenvalue weighted by molar-refractivity contribution is 0.0530. The van der Waals surface area contributed by atoms with Crippen LogP contribution in [0.4, 0.5) is 0 Å². The van der Waals surface area contributed by atoms with Crippen molar-refractivity contribution in [3.63, 3.8) is 0 Å². The van der Waals surface area contributed by atoms with Gasteiger partial charge in [0.05, 0.1) is 0 Å². The predicted octanol–water partition coefficient (Wildman–Crippen LogP) is 4.01. The van der Waals surface area contributed by atoms with E-state index in [4.69, 9.17) is 0 Å². The summed E-state index contributed by atoms with van der Waals surface area (Å²) in [4.78, 5) is 5.54. The molecule has 0 bridgehead atoms. The Hall–Kier alpha value is -0.0800. The maximum absolute atomic E-state index is 2.86. The molecule has 2 heteroatoms. The number of hydrogen-bond donors (Lipinski definition) is 0. The van der Waals surface area contributed by atoms with Gasteiger partial charge in [0.1, 0.15) is 0 Å². The second-order valence-corrected chi connectivity index (χ2v) is 7.67. The van der Waals surface area contributed by atoms with E-state index in [0.29, 0.717) is 0 Å². The first-order valence-corrected chi connectivity index (χ1v) is 9.08. The summed E-state index contributed by atoms with van der Waals surface area (Å²) in [6.45, 7) is 14.7. The summed E-state index contributed by atoms with van der Waals surface area (Å²) in [6, 6.07) is 1.75. The third-order valence-corrected chi connectivity index (χ3v) is 5.47. The molecular formula is C18H36N2. The van der Waals surface area contributed by atoms with Crippen molar-refractivity contribution in [2.45, 2.75) is 78.3 Å². The summed E-state index contributed by atoms with van der Waals surface area (Å²) in [6.07, 6.45) is 8.59. The minimum atomic E-state index is 0.814. The van der Waals surface area contributed by atoms with Crippen molar-refractivity contribution in [2.75, 3.05) is 26.2 Å². The Labute approximate surface area is 126 Å². The molecule has 1 aliphatic carbocycles. The average Bonchev–Trinajstić information content (AvgIpc) is 2.43. The molecule has 2 rings (SSSR count). The highest BCUT2D eigenvalue weighted by molar-refractivity contribution is 4.86. The van der Waals surface area contributed by atoms with E-state index in [-0.39, 0.29) is 0 Å². The topological polar surface area (TPSA) is 6.48 Å². The molecule has 2 nitrogen and oxygen atoms in total. The number of hydrogen-bond acceptors (Lipinski definition) is 2. The fraction of sp³-hybridized carbons (Fsp3) is 1.00. The van der Waals surface area contributed by atoms with Gasteiger partial charge in [-0.15, -0.1) is 0 Å². The Morgan fingerprint density at radius 2 is 1.50 bits per heavy atom. The van der Waals surface area contributed by atoms with Crippen LogP contribution in [0.25, 0.3) is 0 Å². The molecule has 0 amide bonds. The summed E-state index contributed by atoms with van der Waals surface area (Å²) < 4.78 is 0. The normalized spacial score (nSPS) is 30.3. The van der Waals surface area contributed by atoms with Crippen LogP contribution in [-0.4, -0.2) is 48.1 Å². The smallest absolute Gasteiger partial charge is 0.0122 e. The van der Waals surface area contributed by atoms with Crippen LogP contribution in [-0.2, 0) is 0 Å². The molecule has 1 aliphatic heterocycles. The SMILES string of the molecule is CCN(C1CCC(C)CC1)C1CCN(CC(C)C)CC1. The van der Waals surface area contributed by atoms with Gasteiger partial charge in [-0.1, -0.05) is 27.7 Å². The van der Waals surface area contributed by atoms with Gasteiger partial charge in [-0.3, -0.25) is 4.90 Å². The molecule has 0 N–H and O–H groups in total. The first-order chi connectivity index (χ1) is 9.60. The lowest BCUT2D eigenvalue weighted by atomic mass is 9.85. The molecule has 1 heterocycles. The summed E-state index contributed by atoms with van der Waals surface area (Å²) in [7, 11) is 0. The minimum Gasteiger partial charge on any atom is -0.303 e. The van der Waals surface area contributed by atoms with Gasteiger partial charge in [0.15, 0.2) is 0 Å². The van der Waals surface area contributed by atoms with Crippen molar-refractivity contribution in [1.29, 1.82) is 0 Å². The summed E-state index contributed by atoms with van der Waals surface area (Å²) in [5.41, 5.74) is 0. The highest BCUT2D eigenvalue weighted by Crippen LogP contribution is 2.30. The van der Waals surface area contributed by atoms with E-state index in [2.05, 4.69) is 37.5 Å². The molecule has 1 saturated heterocycles. The molecule has 0 unspecified atom stereocenters. The van der Waals surface area contributed by atoms with E-state index in [0.717, 1.165) is 23.9 Å². The predicted molar refractivity (Wildman–Crippen MR) is 88.1 cm³/mol. The van der Waals surface area contributed by atoms with Crippen molar-refractivity contribution in [3.8, 4) is 0 Å². The van der Waals surface area contributed by atoms with E-state index in [1.54, 1.807) is 0 Å². The van der Waals surface area contributed by atoms with E-state index in [1.807, 2.05) is 0 Å². The molecule has 2 aliphatic rings. The van der Waals surface area contributed by atoms with Crippen LogP contribution in [0, 0.1) is 11.8 Å². The van der Waals surface area contributed by atoms with E-state index < -0.39 is 0 Å².